The molecule has 8 heteroatoms. The quantitative estimate of drug-likeness (QED) is 0.627. The second kappa shape index (κ2) is 7.06. The van der Waals surface area contributed by atoms with Gasteiger partial charge in [0, 0.05) is 12.1 Å². The second-order valence-corrected chi connectivity index (χ2v) is 5.12. The Morgan fingerprint density at radius 1 is 1.50 bits per heavy atom. The molecule has 1 aromatic heterocycles. The molecule has 0 saturated heterocycles. The Bertz CT molecular complexity index is 673. The van der Waals surface area contributed by atoms with Gasteiger partial charge in [-0.15, -0.1) is 0 Å². The normalized spacial score (nSPS) is 11.9. The lowest BCUT2D eigenvalue weighted by molar-refractivity contribution is -0.684. The predicted molar refractivity (Wildman–Crippen MR) is 80.7 cm³/mol. The molecule has 0 saturated carbocycles. The molecule has 7 nitrogen and oxygen atoms in total. The summed E-state index contributed by atoms with van der Waals surface area (Å²) in [5, 5.41) is 15.2. The molecule has 1 amide bonds. The lowest BCUT2D eigenvalue weighted by atomic mass is 10.2. The van der Waals surface area contributed by atoms with E-state index < -0.39 is 4.92 Å². The van der Waals surface area contributed by atoms with Gasteiger partial charge in [0.05, 0.1) is 21.9 Å². The monoisotopic (exact) mass is 324 g/mol. The summed E-state index contributed by atoms with van der Waals surface area (Å²) in [5.74, 6) is 0.523. The molecular formula is C14H15ClN3O4+. The highest BCUT2D eigenvalue weighted by Crippen LogP contribution is 2.26. The number of amides is 1. The molecule has 0 unspecified atom stereocenters. The van der Waals surface area contributed by atoms with Gasteiger partial charge in [-0.2, -0.15) is 0 Å². The van der Waals surface area contributed by atoms with E-state index in [0.717, 1.165) is 5.76 Å². The number of nitrogens with zero attached hydrogens (tertiary/aromatic N) is 1. The molecule has 3 N–H and O–H groups in total. The van der Waals surface area contributed by atoms with E-state index in [0.29, 0.717) is 5.69 Å². The number of anilines is 1. The first-order valence-corrected chi connectivity index (χ1v) is 6.95. The van der Waals surface area contributed by atoms with E-state index in [1.807, 2.05) is 18.3 Å². The van der Waals surface area contributed by atoms with E-state index in [2.05, 4.69) is 5.32 Å². The standard InChI is InChI=1S/C14H14ClN3O4/c1-9(13-3-2-6-22-13)16-8-14(19)17-12-5-4-10(18(20)21)7-11(12)15/h2-7,9,16H,8H2,1H3,(H,17,19)/p+1/t9-/m1/s1. The van der Waals surface area contributed by atoms with Crippen LogP contribution < -0.4 is 10.6 Å². The van der Waals surface area contributed by atoms with Gasteiger partial charge in [-0.1, -0.05) is 11.6 Å². The first-order valence-electron chi connectivity index (χ1n) is 6.58. The Labute approximate surface area is 131 Å². The van der Waals surface area contributed by atoms with Crippen LogP contribution in [0.25, 0.3) is 0 Å². The van der Waals surface area contributed by atoms with Crippen LogP contribution in [0.15, 0.2) is 41.0 Å². The molecule has 0 bridgehead atoms. The molecule has 0 aliphatic rings. The van der Waals surface area contributed by atoms with Crippen molar-refractivity contribution in [3.05, 3.63) is 57.5 Å². The summed E-state index contributed by atoms with van der Waals surface area (Å²) >= 11 is 5.92. The van der Waals surface area contributed by atoms with Gasteiger partial charge < -0.3 is 15.1 Å². The van der Waals surface area contributed by atoms with Gasteiger partial charge in [0.25, 0.3) is 11.6 Å². The summed E-state index contributed by atoms with van der Waals surface area (Å²) in [6, 6.07) is 7.54. The fourth-order valence-corrected chi connectivity index (χ4v) is 2.09. The average molecular weight is 325 g/mol. The van der Waals surface area contributed by atoms with Crippen LogP contribution in [0.5, 0.6) is 0 Å². The molecule has 1 aromatic carbocycles. The lowest BCUT2D eigenvalue weighted by Crippen LogP contribution is -2.86. The van der Waals surface area contributed by atoms with Crippen LogP contribution in [0.4, 0.5) is 11.4 Å². The van der Waals surface area contributed by atoms with Gasteiger partial charge in [-0.3, -0.25) is 14.9 Å². The molecule has 2 rings (SSSR count). The maximum absolute atomic E-state index is 11.9. The number of nitro groups is 1. The number of non-ortho nitro benzene ring substituents is 1. The van der Waals surface area contributed by atoms with E-state index >= 15 is 0 Å². The number of furan rings is 1. The fraction of sp³-hybridized carbons (Fsp3) is 0.214. The number of carbonyl (C=O) groups excluding carboxylic acids is 1. The molecule has 0 radical (unpaired) electrons. The van der Waals surface area contributed by atoms with Crippen LogP contribution in [-0.4, -0.2) is 17.4 Å². The van der Waals surface area contributed by atoms with Gasteiger partial charge in [-0.05, 0) is 25.1 Å². The van der Waals surface area contributed by atoms with Gasteiger partial charge in [0.15, 0.2) is 12.3 Å². The third-order valence-electron chi connectivity index (χ3n) is 3.09. The molecule has 1 atom stereocenters. The third kappa shape index (κ3) is 4.06. The number of nitrogens with two attached hydrogens (primary N) is 1. The summed E-state index contributed by atoms with van der Waals surface area (Å²) in [5.41, 5.74) is 0.220. The van der Waals surface area contributed by atoms with Crippen molar-refractivity contribution in [1.82, 2.24) is 0 Å². The maximum Gasteiger partial charge on any atom is 0.279 e. The van der Waals surface area contributed by atoms with Gasteiger partial charge in [0.1, 0.15) is 6.04 Å². The minimum atomic E-state index is -0.545. The third-order valence-corrected chi connectivity index (χ3v) is 3.40. The Balaban J connectivity index is 1.91. The van der Waals surface area contributed by atoms with Crippen molar-refractivity contribution in [2.45, 2.75) is 13.0 Å². The zero-order valence-corrected chi connectivity index (χ0v) is 12.5. The Morgan fingerprint density at radius 2 is 2.27 bits per heavy atom. The summed E-state index contributed by atoms with van der Waals surface area (Å²) < 4.78 is 5.25. The first kappa shape index (κ1) is 16.0. The highest BCUT2D eigenvalue weighted by molar-refractivity contribution is 6.33. The van der Waals surface area contributed by atoms with E-state index in [1.54, 1.807) is 12.3 Å². The average Bonchev–Trinajstić information content (AvgIpc) is 3.01. The van der Waals surface area contributed by atoms with Gasteiger partial charge in [-0.25, -0.2) is 0 Å². The Morgan fingerprint density at radius 3 is 2.86 bits per heavy atom. The number of rotatable bonds is 6. The molecule has 0 aliphatic carbocycles. The number of carbonyl (C=O) groups is 1. The molecule has 0 aliphatic heterocycles. The van der Waals surface area contributed by atoms with Crippen LogP contribution in [0.2, 0.25) is 5.02 Å². The highest BCUT2D eigenvalue weighted by atomic mass is 35.5. The summed E-state index contributed by atoms with van der Waals surface area (Å²) in [6.45, 7) is 2.10. The zero-order valence-electron chi connectivity index (χ0n) is 11.8. The van der Waals surface area contributed by atoms with Crippen LogP contribution in [0, 0.1) is 10.1 Å². The number of halogens is 1. The lowest BCUT2D eigenvalue weighted by Gasteiger charge is -2.09. The van der Waals surface area contributed by atoms with Crippen molar-refractivity contribution in [3.8, 4) is 0 Å². The zero-order chi connectivity index (χ0) is 16.1. The number of quaternary nitrogens is 1. The van der Waals surface area contributed by atoms with Crippen molar-refractivity contribution in [3.63, 3.8) is 0 Å². The topological polar surface area (TPSA) is 102 Å². The van der Waals surface area contributed by atoms with Crippen molar-refractivity contribution in [1.29, 1.82) is 0 Å². The molecule has 116 valence electrons. The fourth-order valence-electron chi connectivity index (χ4n) is 1.87. The van der Waals surface area contributed by atoms with E-state index in [1.165, 1.54) is 18.2 Å². The van der Waals surface area contributed by atoms with Crippen LogP contribution in [-0.2, 0) is 4.79 Å². The Hall–Kier alpha value is -2.38. The van der Waals surface area contributed by atoms with Crippen LogP contribution >= 0.6 is 11.6 Å². The number of benzene rings is 1. The second-order valence-electron chi connectivity index (χ2n) is 4.71. The number of nitro benzene ring substituents is 1. The van der Waals surface area contributed by atoms with Crippen LogP contribution in [0.3, 0.4) is 0 Å². The highest BCUT2D eigenvalue weighted by Gasteiger charge is 2.15. The van der Waals surface area contributed by atoms with Gasteiger partial charge in [0.2, 0.25) is 0 Å². The van der Waals surface area contributed by atoms with Crippen molar-refractivity contribution >= 4 is 28.9 Å². The first-order chi connectivity index (χ1) is 10.5. The maximum atomic E-state index is 11.9. The Kier molecular flexibility index (Phi) is 5.13. The predicted octanol–water partition coefficient (Wildman–Crippen LogP) is 2.10. The number of hydrogen-bond donors (Lipinski definition) is 2. The summed E-state index contributed by atoms with van der Waals surface area (Å²) in [6.07, 6.45) is 1.58. The van der Waals surface area contributed by atoms with Crippen molar-refractivity contribution in [2.24, 2.45) is 0 Å². The van der Waals surface area contributed by atoms with Gasteiger partial charge >= 0.3 is 0 Å². The SMILES string of the molecule is C[C@@H]([NH2+]CC(=O)Nc1ccc([N+](=O)[O-])cc1Cl)c1ccco1. The number of nitrogens with one attached hydrogen (secondary N) is 1. The van der Waals surface area contributed by atoms with E-state index in [9.17, 15) is 14.9 Å². The smallest absolute Gasteiger partial charge is 0.279 e. The van der Waals surface area contributed by atoms with Crippen molar-refractivity contribution in [2.75, 3.05) is 11.9 Å². The molecule has 0 fully saturated rings. The van der Waals surface area contributed by atoms with Crippen LogP contribution in [0.1, 0.15) is 18.7 Å². The van der Waals surface area contributed by atoms with Crippen molar-refractivity contribution < 1.29 is 19.5 Å². The van der Waals surface area contributed by atoms with E-state index in [-0.39, 0.29) is 29.2 Å². The minimum Gasteiger partial charge on any atom is -0.463 e. The molecule has 1 heterocycles. The molecule has 0 spiro atoms. The molecule has 2 aromatic rings. The van der Waals surface area contributed by atoms with E-state index in [4.69, 9.17) is 16.0 Å². The summed E-state index contributed by atoms with van der Waals surface area (Å²) in [4.78, 5) is 22.0. The summed E-state index contributed by atoms with van der Waals surface area (Å²) in [7, 11) is 0. The molecular weight excluding hydrogens is 310 g/mol. The number of hydrogen-bond acceptors (Lipinski definition) is 4. The minimum absolute atomic E-state index is 0.00748. The molecule has 22 heavy (non-hydrogen) atoms. The largest absolute Gasteiger partial charge is 0.463 e.